The second-order valence-electron chi connectivity index (χ2n) is 8.93. The summed E-state index contributed by atoms with van der Waals surface area (Å²) in [4.78, 5) is 33.8. The maximum absolute atomic E-state index is 13.4. The van der Waals surface area contributed by atoms with Gasteiger partial charge in [0, 0.05) is 46.9 Å². The SMILES string of the molecule is CCCCC(=O)Nc1ccc(-c2ccc3ncc4ccc(=O)n(-c5cccc(C(F)(F)F)c5)c4c3c2)cn1. The molecule has 3 aromatic heterocycles. The molecule has 0 aliphatic rings. The minimum Gasteiger partial charge on any atom is -0.311 e. The molecule has 0 unspecified atom stereocenters. The summed E-state index contributed by atoms with van der Waals surface area (Å²) < 4.78 is 41.5. The number of hydrogen-bond acceptors (Lipinski definition) is 4. The summed E-state index contributed by atoms with van der Waals surface area (Å²) in [6, 6.07) is 16.6. The lowest BCUT2D eigenvalue weighted by molar-refractivity contribution is -0.137. The van der Waals surface area contributed by atoms with Crippen LogP contribution in [-0.4, -0.2) is 20.4 Å². The number of unbranched alkanes of at least 4 members (excludes halogenated alkanes) is 1. The maximum atomic E-state index is 13.4. The Hall–Kier alpha value is -4.53. The Morgan fingerprint density at radius 2 is 1.76 bits per heavy atom. The number of nitrogens with one attached hydrogen (secondary N) is 1. The highest BCUT2D eigenvalue weighted by Crippen LogP contribution is 2.32. The van der Waals surface area contributed by atoms with E-state index in [0.717, 1.165) is 36.1 Å². The fourth-order valence-corrected chi connectivity index (χ4v) is 4.35. The molecular formula is C29H23F3N4O2. The predicted octanol–water partition coefficient (Wildman–Crippen LogP) is 6.75. The minimum atomic E-state index is -4.55. The molecule has 0 aliphatic heterocycles. The van der Waals surface area contributed by atoms with Gasteiger partial charge in [-0.15, -0.1) is 0 Å². The topological polar surface area (TPSA) is 76.9 Å². The van der Waals surface area contributed by atoms with Gasteiger partial charge in [-0.2, -0.15) is 13.2 Å². The van der Waals surface area contributed by atoms with Crippen molar-refractivity contribution in [3.63, 3.8) is 0 Å². The van der Waals surface area contributed by atoms with Crippen LogP contribution in [0, 0.1) is 0 Å². The first-order valence-electron chi connectivity index (χ1n) is 12.1. The number of nitrogens with zero attached hydrogens (tertiary/aromatic N) is 3. The van der Waals surface area contributed by atoms with E-state index in [1.54, 1.807) is 30.6 Å². The lowest BCUT2D eigenvalue weighted by Gasteiger charge is -2.15. The second kappa shape index (κ2) is 10.1. The monoisotopic (exact) mass is 516 g/mol. The van der Waals surface area contributed by atoms with E-state index < -0.39 is 17.3 Å². The molecule has 0 aliphatic carbocycles. The number of fused-ring (bicyclic) bond motifs is 3. The predicted molar refractivity (Wildman–Crippen MR) is 141 cm³/mol. The first-order chi connectivity index (χ1) is 18.2. The van der Waals surface area contributed by atoms with E-state index in [1.165, 1.54) is 22.8 Å². The van der Waals surface area contributed by atoms with Gasteiger partial charge in [-0.1, -0.05) is 25.5 Å². The van der Waals surface area contributed by atoms with Gasteiger partial charge < -0.3 is 5.32 Å². The van der Waals surface area contributed by atoms with Crippen molar-refractivity contribution in [2.24, 2.45) is 0 Å². The molecule has 0 saturated carbocycles. The number of aromatic nitrogens is 3. The zero-order chi connectivity index (χ0) is 26.9. The quantitative estimate of drug-likeness (QED) is 0.253. The molecule has 192 valence electrons. The number of carbonyl (C=O) groups excluding carboxylic acids is 1. The van der Waals surface area contributed by atoms with Crippen LogP contribution in [0.4, 0.5) is 19.0 Å². The molecule has 0 bridgehead atoms. The molecule has 6 nitrogen and oxygen atoms in total. The van der Waals surface area contributed by atoms with Crippen molar-refractivity contribution in [1.29, 1.82) is 0 Å². The van der Waals surface area contributed by atoms with E-state index in [9.17, 15) is 22.8 Å². The number of alkyl halides is 3. The van der Waals surface area contributed by atoms with Gasteiger partial charge in [0.2, 0.25) is 5.91 Å². The van der Waals surface area contributed by atoms with Crippen LogP contribution in [0.25, 0.3) is 38.6 Å². The maximum Gasteiger partial charge on any atom is 0.416 e. The number of rotatable bonds is 6. The van der Waals surface area contributed by atoms with Crippen molar-refractivity contribution < 1.29 is 18.0 Å². The third kappa shape index (κ3) is 5.00. The second-order valence-corrected chi connectivity index (χ2v) is 8.93. The van der Waals surface area contributed by atoms with E-state index in [2.05, 4.69) is 15.3 Å². The van der Waals surface area contributed by atoms with Crippen molar-refractivity contribution in [1.82, 2.24) is 14.5 Å². The van der Waals surface area contributed by atoms with Crippen molar-refractivity contribution in [3.05, 3.63) is 95.0 Å². The average Bonchev–Trinajstić information content (AvgIpc) is 2.91. The zero-order valence-corrected chi connectivity index (χ0v) is 20.4. The summed E-state index contributed by atoms with van der Waals surface area (Å²) in [5.41, 5.74) is 1.38. The molecule has 0 spiro atoms. The summed E-state index contributed by atoms with van der Waals surface area (Å²) in [6.45, 7) is 2.02. The van der Waals surface area contributed by atoms with Gasteiger partial charge in [-0.25, -0.2) is 4.98 Å². The Bertz CT molecular complexity index is 1710. The van der Waals surface area contributed by atoms with Gasteiger partial charge >= 0.3 is 6.18 Å². The van der Waals surface area contributed by atoms with Crippen LogP contribution in [0.3, 0.4) is 0 Å². The lowest BCUT2D eigenvalue weighted by atomic mass is 10.0. The number of halogens is 3. The third-order valence-corrected chi connectivity index (χ3v) is 6.27. The Labute approximate surface area is 215 Å². The molecule has 0 saturated heterocycles. The summed E-state index contributed by atoms with van der Waals surface area (Å²) in [7, 11) is 0. The molecule has 0 fully saturated rings. The number of pyridine rings is 3. The standard InChI is InChI=1S/C29H23F3N4O2/c1-2-3-7-26(37)35-25-12-9-19(16-34-25)18-8-11-24-23(14-18)28-20(17-33-24)10-13-27(38)36(28)22-6-4-5-21(15-22)29(30,31)32/h4-6,8-17H,2-3,7H2,1H3,(H,34,35,37). The van der Waals surface area contributed by atoms with Crippen LogP contribution >= 0.6 is 0 Å². The molecule has 3 heterocycles. The summed E-state index contributed by atoms with van der Waals surface area (Å²) in [5.74, 6) is 0.351. The van der Waals surface area contributed by atoms with E-state index in [1.807, 2.05) is 25.1 Å². The van der Waals surface area contributed by atoms with Crippen LogP contribution in [0.15, 0.2) is 83.9 Å². The summed E-state index contributed by atoms with van der Waals surface area (Å²) >= 11 is 0. The van der Waals surface area contributed by atoms with Crippen LogP contribution < -0.4 is 10.9 Å². The molecule has 38 heavy (non-hydrogen) atoms. The largest absolute Gasteiger partial charge is 0.416 e. The number of hydrogen-bond donors (Lipinski definition) is 1. The fraction of sp³-hybridized carbons (Fsp3) is 0.172. The van der Waals surface area contributed by atoms with E-state index in [4.69, 9.17) is 0 Å². The van der Waals surface area contributed by atoms with Gasteiger partial charge in [-0.05, 0) is 60.5 Å². The van der Waals surface area contributed by atoms with Gasteiger partial charge in [0.15, 0.2) is 0 Å². The number of amides is 1. The molecule has 5 aromatic rings. The van der Waals surface area contributed by atoms with Crippen LogP contribution in [0.2, 0.25) is 0 Å². The average molecular weight is 517 g/mol. The smallest absolute Gasteiger partial charge is 0.311 e. The van der Waals surface area contributed by atoms with Gasteiger partial charge in [0.05, 0.1) is 16.6 Å². The normalized spacial score (nSPS) is 11.7. The van der Waals surface area contributed by atoms with Crippen molar-refractivity contribution in [3.8, 4) is 16.8 Å². The molecule has 5 rings (SSSR count). The first kappa shape index (κ1) is 25.1. The lowest BCUT2D eigenvalue weighted by Crippen LogP contribution is -2.18. The minimum absolute atomic E-state index is 0.0945. The van der Waals surface area contributed by atoms with E-state index in [-0.39, 0.29) is 11.6 Å². The van der Waals surface area contributed by atoms with Crippen LogP contribution in [0.1, 0.15) is 31.7 Å². The van der Waals surface area contributed by atoms with Gasteiger partial charge in [0.25, 0.3) is 5.56 Å². The molecular weight excluding hydrogens is 493 g/mol. The van der Waals surface area contributed by atoms with E-state index in [0.29, 0.717) is 34.0 Å². The Morgan fingerprint density at radius 3 is 2.50 bits per heavy atom. The number of carbonyl (C=O) groups is 1. The molecule has 0 radical (unpaired) electrons. The Kier molecular flexibility index (Phi) is 6.67. The summed E-state index contributed by atoms with van der Waals surface area (Å²) in [5, 5.41) is 3.99. The fourth-order valence-electron chi connectivity index (χ4n) is 4.35. The first-order valence-corrected chi connectivity index (χ1v) is 12.1. The zero-order valence-electron chi connectivity index (χ0n) is 20.4. The molecule has 2 aromatic carbocycles. The highest BCUT2D eigenvalue weighted by atomic mass is 19.4. The highest BCUT2D eigenvalue weighted by Gasteiger charge is 2.30. The van der Waals surface area contributed by atoms with Crippen LogP contribution in [0.5, 0.6) is 0 Å². The third-order valence-electron chi connectivity index (χ3n) is 6.27. The Morgan fingerprint density at radius 1 is 0.947 bits per heavy atom. The molecule has 0 atom stereocenters. The molecule has 1 amide bonds. The van der Waals surface area contributed by atoms with Crippen LogP contribution in [-0.2, 0) is 11.0 Å². The van der Waals surface area contributed by atoms with Crippen molar-refractivity contribution in [2.45, 2.75) is 32.4 Å². The van der Waals surface area contributed by atoms with Crippen molar-refractivity contribution >= 4 is 33.5 Å². The highest BCUT2D eigenvalue weighted by molar-refractivity contribution is 6.05. The van der Waals surface area contributed by atoms with E-state index >= 15 is 0 Å². The van der Waals surface area contributed by atoms with Gasteiger partial charge in [-0.3, -0.25) is 19.1 Å². The Balaban J connectivity index is 1.62. The summed E-state index contributed by atoms with van der Waals surface area (Å²) in [6.07, 6.45) is 0.836. The number of anilines is 1. The van der Waals surface area contributed by atoms with Crippen molar-refractivity contribution in [2.75, 3.05) is 5.32 Å². The van der Waals surface area contributed by atoms with Gasteiger partial charge in [0.1, 0.15) is 5.82 Å². The number of benzene rings is 2. The molecule has 9 heteroatoms. The molecule has 1 N–H and O–H groups in total.